The van der Waals surface area contributed by atoms with Crippen LogP contribution in [0.4, 0.5) is 0 Å². The number of aliphatic imine (C=N–C) groups is 1. The highest BCUT2D eigenvalue weighted by Crippen LogP contribution is 2.22. The van der Waals surface area contributed by atoms with Crippen molar-refractivity contribution in [3.8, 4) is 0 Å². The Labute approximate surface area is 153 Å². The zero-order chi connectivity index (χ0) is 18.5. The average Bonchev–Trinajstić information content (AvgIpc) is 3.09. The number of nitrogens with zero attached hydrogens (tertiary/aromatic N) is 3. The van der Waals surface area contributed by atoms with Gasteiger partial charge in [-0.1, -0.05) is 32.9 Å². The molecule has 6 heteroatoms. The van der Waals surface area contributed by atoms with Crippen molar-refractivity contribution >= 4 is 5.96 Å². The van der Waals surface area contributed by atoms with Gasteiger partial charge in [-0.3, -0.25) is 0 Å². The highest BCUT2D eigenvalue weighted by atomic mass is 16.5. The molecule has 0 fully saturated rings. The van der Waals surface area contributed by atoms with Crippen LogP contribution in [0.25, 0.3) is 0 Å². The van der Waals surface area contributed by atoms with Crippen LogP contribution in [0.2, 0.25) is 0 Å². The van der Waals surface area contributed by atoms with Gasteiger partial charge in [-0.15, -0.1) is 0 Å². The van der Waals surface area contributed by atoms with Gasteiger partial charge >= 0.3 is 0 Å². The van der Waals surface area contributed by atoms with E-state index in [2.05, 4.69) is 60.3 Å². The number of aromatic nitrogens is 1. The Balaban J connectivity index is 2.49. The topological polar surface area (TPSA) is 65.7 Å². The molecule has 6 nitrogen and oxygen atoms in total. The maximum Gasteiger partial charge on any atom is 0.191 e. The van der Waals surface area contributed by atoms with Crippen LogP contribution < -0.4 is 10.6 Å². The molecule has 0 radical (unpaired) electrons. The SMILES string of the molecule is CCNC(=NCc1cc(C(CC)CC)no1)NCCCN(CC)CC. The summed E-state index contributed by atoms with van der Waals surface area (Å²) in [5.41, 5.74) is 1.05. The number of nitrogens with one attached hydrogen (secondary N) is 2. The third kappa shape index (κ3) is 7.90. The second-order valence-corrected chi connectivity index (χ2v) is 6.23. The van der Waals surface area contributed by atoms with Gasteiger partial charge < -0.3 is 20.1 Å². The van der Waals surface area contributed by atoms with E-state index >= 15 is 0 Å². The van der Waals surface area contributed by atoms with E-state index < -0.39 is 0 Å². The van der Waals surface area contributed by atoms with E-state index in [1.807, 2.05) is 6.07 Å². The molecule has 0 aliphatic carbocycles. The molecule has 0 bridgehead atoms. The Bertz CT molecular complexity index is 478. The molecule has 0 saturated carbocycles. The molecule has 0 atom stereocenters. The van der Waals surface area contributed by atoms with E-state index in [9.17, 15) is 0 Å². The van der Waals surface area contributed by atoms with Crippen LogP contribution in [0, 0.1) is 0 Å². The van der Waals surface area contributed by atoms with E-state index in [1.54, 1.807) is 0 Å². The molecule has 144 valence electrons. The first kappa shape index (κ1) is 21.5. The summed E-state index contributed by atoms with van der Waals surface area (Å²) in [6.07, 6.45) is 3.28. The summed E-state index contributed by atoms with van der Waals surface area (Å²) in [5.74, 6) is 2.14. The van der Waals surface area contributed by atoms with Crippen LogP contribution in [0.1, 0.15) is 71.3 Å². The number of rotatable bonds is 12. The number of hydrogen-bond donors (Lipinski definition) is 2. The zero-order valence-corrected chi connectivity index (χ0v) is 16.8. The Morgan fingerprint density at radius 3 is 2.48 bits per heavy atom. The molecule has 1 aromatic rings. The van der Waals surface area contributed by atoms with Crippen molar-refractivity contribution in [3.63, 3.8) is 0 Å². The van der Waals surface area contributed by atoms with Crippen LogP contribution in [0.3, 0.4) is 0 Å². The second-order valence-electron chi connectivity index (χ2n) is 6.23. The fraction of sp³-hybridized carbons (Fsp3) is 0.789. The highest BCUT2D eigenvalue weighted by molar-refractivity contribution is 5.79. The summed E-state index contributed by atoms with van der Waals surface area (Å²) < 4.78 is 5.44. The van der Waals surface area contributed by atoms with Gasteiger partial charge in [0.2, 0.25) is 0 Å². The van der Waals surface area contributed by atoms with Gasteiger partial charge in [0, 0.05) is 25.1 Å². The van der Waals surface area contributed by atoms with Gasteiger partial charge in [-0.2, -0.15) is 0 Å². The molecule has 0 aliphatic rings. The first-order valence-electron chi connectivity index (χ1n) is 9.88. The lowest BCUT2D eigenvalue weighted by Crippen LogP contribution is -2.38. The van der Waals surface area contributed by atoms with Gasteiger partial charge in [0.15, 0.2) is 11.7 Å². The number of hydrogen-bond acceptors (Lipinski definition) is 4. The molecule has 25 heavy (non-hydrogen) atoms. The molecular weight excluding hydrogens is 314 g/mol. The minimum absolute atomic E-state index is 0.480. The van der Waals surface area contributed by atoms with Gasteiger partial charge in [-0.05, 0) is 45.8 Å². The molecule has 1 rings (SSSR count). The number of guanidine groups is 1. The molecule has 1 aromatic heterocycles. The van der Waals surface area contributed by atoms with E-state index in [0.717, 1.165) is 69.4 Å². The summed E-state index contributed by atoms with van der Waals surface area (Å²) in [6, 6.07) is 2.05. The van der Waals surface area contributed by atoms with Crippen molar-refractivity contribution in [3.05, 3.63) is 17.5 Å². The summed E-state index contributed by atoms with van der Waals surface area (Å²) in [6.45, 7) is 16.5. The van der Waals surface area contributed by atoms with Crippen molar-refractivity contribution in [1.82, 2.24) is 20.7 Å². The zero-order valence-electron chi connectivity index (χ0n) is 16.8. The highest BCUT2D eigenvalue weighted by Gasteiger charge is 2.12. The summed E-state index contributed by atoms with van der Waals surface area (Å²) in [5, 5.41) is 10.9. The molecule has 0 aliphatic heterocycles. The quantitative estimate of drug-likeness (QED) is 0.343. The first-order valence-corrected chi connectivity index (χ1v) is 9.88. The monoisotopic (exact) mass is 351 g/mol. The Kier molecular flexibility index (Phi) is 11.0. The molecule has 0 saturated heterocycles. The third-order valence-electron chi connectivity index (χ3n) is 4.56. The molecule has 1 heterocycles. The smallest absolute Gasteiger partial charge is 0.191 e. The molecule has 0 amide bonds. The van der Waals surface area contributed by atoms with Crippen LogP contribution >= 0.6 is 0 Å². The van der Waals surface area contributed by atoms with Crippen LogP contribution in [-0.2, 0) is 6.54 Å². The van der Waals surface area contributed by atoms with E-state index in [0.29, 0.717) is 12.5 Å². The molecule has 0 spiro atoms. The standard InChI is InChI=1S/C19H37N5O/c1-6-16(7-2)18-14-17(25-23-18)15-22-19(20-8-3)21-12-11-13-24(9-4)10-5/h14,16H,6-13,15H2,1-5H3,(H2,20,21,22). The average molecular weight is 352 g/mol. The predicted octanol–water partition coefficient (Wildman–Crippen LogP) is 3.37. The van der Waals surface area contributed by atoms with Crippen molar-refractivity contribution in [2.24, 2.45) is 4.99 Å². The van der Waals surface area contributed by atoms with E-state index in [4.69, 9.17) is 4.52 Å². The third-order valence-corrected chi connectivity index (χ3v) is 4.56. The van der Waals surface area contributed by atoms with Gasteiger partial charge in [0.25, 0.3) is 0 Å². The van der Waals surface area contributed by atoms with Crippen molar-refractivity contribution in [2.75, 3.05) is 32.7 Å². The van der Waals surface area contributed by atoms with Gasteiger partial charge in [0.05, 0.1) is 5.69 Å². The van der Waals surface area contributed by atoms with Crippen LogP contribution in [-0.4, -0.2) is 48.7 Å². The maximum atomic E-state index is 5.44. The normalized spacial score (nSPS) is 12.2. The van der Waals surface area contributed by atoms with Crippen LogP contribution in [0.15, 0.2) is 15.6 Å². The fourth-order valence-corrected chi connectivity index (χ4v) is 2.85. The lowest BCUT2D eigenvalue weighted by molar-refractivity contribution is 0.300. The Hall–Kier alpha value is -1.56. The van der Waals surface area contributed by atoms with Crippen molar-refractivity contribution in [1.29, 1.82) is 0 Å². The van der Waals surface area contributed by atoms with E-state index in [-0.39, 0.29) is 0 Å². The fourth-order valence-electron chi connectivity index (χ4n) is 2.85. The lowest BCUT2D eigenvalue weighted by atomic mass is 9.99. The minimum Gasteiger partial charge on any atom is -0.359 e. The second kappa shape index (κ2) is 12.8. The van der Waals surface area contributed by atoms with Gasteiger partial charge in [0.1, 0.15) is 6.54 Å². The largest absolute Gasteiger partial charge is 0.359 e. The van der Waals surface area contributed by atoms with E-state index in [1.165, 1.54) is 0 Å². The van der Waals surface area contributed by atoms with Crippen molar-refractivity contribution < 1.29 is 4.52 Å². The summed E-state index contributed by atoms with van der Waals surface area (Å²) >= 11 is 0. The van der Waals surface area contributed by atoms with Gasteiger partial charge in [-0.25, -0.2) is 4.99 Å². The van der Waals surface area contributed by atoms with Crippen LogP contribution in [0.5, 0.6) is 0 Å². The Morgan fingerprint density at radius 2 is 1.88 bits per heavy atom. The van der Waals surface area contributed by atoms with Crippen molar-refractivity contribution in [2.45, 2.75) is 66.3 Å². The predicted molar refractivity (Wildman–Crippen MR) is 105 cm³/mol. The first-order chi connectivity index (χ1) is 12.2. The lowest BCUT2D eigenvalue weighted by Gasteiger charge is -2.18. The molecule has 0 unspecified atom stereocenters. The maximum absolute atomic E-state index is 5.44. The Morgan fingerprint density at radius 1 is 1.16 bits per heavy atom. The molecule has 2 N–H and O–H groups in total. The summed E-state index contributed by atoms with van der Waals surface area (Å²) in [4.78, 5) is 7.04. The molecular formula is C19H37N5O. The minimum atomic E-state index is 0.480. The summed E-state index contributed by atoms with van der Waals surface area (Å²) in [7, 11) is 0. The molecule has 0 aromatic carbocycles.